The Kier molecular flexibility index (Phi) is 8.06. The van der Waals surface area contributed by atoms with Crippen molar-refractivity contribution in [3.8, 4) is 11.5 Å². The quantitative estimate of drug-likeness (QED) is 0.432. The molecule has 0 aliphatic heterocycles. The molecule has 2 N–H and O–H groups in total. The van der Waals surface area contributed by atoms with Crippen molar-refractivity contribution in [1.82, 2.24) is 5.32 Å². The Morgan fingerprint density at radius 2 is 2.05 bits per heavy atom. The first-order valence-corrected chi connectivity index (χ1v) is 7.44. The standard InChI is InChI=1S/C15H22N2O4S/c1-4-21-14(18)6-5-9-16-15(22)17-12-8-7-11(19-2)10-13(12)20-3/h7-8,10H,4-6,9H2,1-3H3,(H2,16,17,22). The number of anilines is 1. The van der Waals surface area contributed by atoms with Crippen LogP contribution < -0.4 is 20.1 Å². The summed E-state index contributed by atoms with van der Waals surface area (Å²) >= 11 is 5.21. The number of hydrogen-bond acceptors (Lipinski definition) is 5. The molecule has 22 heavy (non-hydrogen) atoms. The van der Waals surface area contributed by atoms with Crippen LogP contribution in [0.25, 0.3) is 0 Å². The lowest BCUT2D eigenvalue weighted by Gasteiger charge is -2.14. The molecule has 0 amide bonds. The van der Waals surface area contributed by atoms with Gasteiger partial charge in [-0.15, -0.1) is 0 Å². The molecule has 1 rings (SSSR count). The minimum Gasteiger partial charge on any atom is -0.497 e. The Bertz CT molecular complexity index is 508. The van der Waals surface area contributed by atoms with Crippen LogP contribution >= 0.6 is 12.2 Å². The van der Waals surface area contributed by atoms with E-state index in [0.717, 1.165) is 5.69 Å². The molecule has 7 heteroatoms. The smallest absolute Gasteiger partial charge is 0.305 e. The maximum absolute atomic E-state index is 11.2. The van der Waals surface area contributed by atoms with Crippen LogP contribution in [0.2, 0.25) is 0 Å². The molecule has 1 aromatic rings. The highest BCUT2D eigenvalue weighted by Crippen LogP contribution is 2.28. The summed E-state index contributed by atoms with van der Waals surface area (Å²) in [5.41, 5.74) is 0.742. The first-order chi connectivity index (χ1) is 10.6. The Labute approximate surface area is 136 Å². The fraction of sp³-hybridized carbons (Fsp3) is 0.467. The molecule has 0 radical (unpaired) electrons. The number of rotatable bonds is 8. The largest absolute Gasteiger partial charge is 0.497 e. The Hall–Kier alpha value is -2.02. The summed E-state index contributed by atoms with van der Waals surface area (Å²) in [7, 11) is 3.17. The SMILES string of the molecule is CCOC(=O)CCCNC(=S)Nc1ccc(OC)cc1OC. The van der Waals surface area contributed by atoms with Gasteiger partial charge < -0.3 is 24.8 Å². The van der Waals surface area contributed by atoms with Crippen LogP contribution in [0, 0.1) is 0 Å². The van der Waals surface area contributed by atoms with Crippen molar-refractivity contribution < 1.29 is 19.0 Å². The van der Waals surface area contributed by atoms with Crippen molar-refractivity contribution in [3.05, 3.63) is 18.2 Å². The second-order valence-corrected chi connectivity index (χ2v) is 4.76. The van der Waals surface area contributed by atoms with Crippen molar-refractivity contribution >= 4 is 29.0 Å². The Balaban J connectivity index is 2.40. The van der Waals surface area contributed by atoms with Crippen LogP contribution in [0.5, 0.6) is 11.5 Å². The number of esters is 1. The third-order valence-corrected chi connectivity index (χ3v) is 3.05. The summed E-state index contributed by atoms with van der Waals surface area (Å²) in [6.45, 7) is 2.78. The predicted molar refractivity (Wildman–Crippen MR) is 89.6 cm³/mol. The second kappa shape index (κ2) is 9.83. The van der Waals surface area contributed by atoms with E-state index < -0.39 is 0 Å². The predicted octanol–water partition coefficient (Wildman–Crippen LogP) is 2.33. The molecular formula is C15H22N2O4S. The molecule has 0 aliphatic carbocycles. The lowest BCUT2D eigenvalue weighted by Crippen LogP contribution is -2.29. The zero-order valence-corrected chi connectivity index (χ0v) is 13.9. The van der Waals surface area contributed by atoms with Crippen molar-refractivity contribution in [3.63, 3.8) is 0 Å². The number of nitrogens with one attached hydrogen (secondary N) is 2. The van der Waals surface area contributed by atoms with Gasteiger partial charge in [-0.1, -0.05) is 0 Å². The van der Waals surface area contributed by atoms with E-state index in [-0.39, 0.29) is 5.97 Å². The van der Waals surface area contributed by atoms with Gasteiger partial charge in [0.2, 0.25) is 0 Å². The van der Waals surface area contributed by atoms with E-state index in [4.69, 9.17) is 26.4 Å². The number of methoxy groups -OCH3 is 2. The van der Waals surface area contributed by atoms with E-state index in [9.17, 15) is 4.79 Å². The highest BCUT2D eigenvalue weighted by Gasteiger charge is 2.07. The van der Waals surface area contributed by atoms with Gasteiger partial charge in [0, 0.05) is 19.0 Å². The molecule has 0 saturated carbocycles. The van der Waals surface area contributed by atoms with E-state index >= 15 is 0 Å². The fourth-order valence-electron chi connectivity index (χ4n) is 1.74. The topological polar surface area (TPSA) is 68.8 Å². The highest BCUT2D eigenvalue weighted by atomic mass is 32.1. The average Bonchev–Trinajstić information content (AvgIpc) is 2.52. The van der Waals surface area contributed by atoms with Crippen LogP contribution in [-0.2, 0) is 9.53 Å². The number of ether oxygens (including phenoxy) is 3. The van der Waals surface area contributed by atoms with Crippen LogP contribution in [0.3, 0.4) is 0 Å². The van der Waals surface area contributed by atoms with E-state index in [1.807, 2.05) is 12.1 Å². The first-order valence-electron chi connectivity index (χ1n) is 7.03. The Morgan fingerprint density at radius 3 is 2.68 bits per heavy atom. The van der Waals surface area contributed by atoms with Gasteiger partial charge in [-0.05, 0) is 37.7 Å². The molecular weight excluding hydrogens is 304 g/mol. The fourth-order valence-corrected chi connectivity index (χ4v) is 1.95. The van der Waals surface area contributed by atoms with Crippen molar-refractivity contribution in [2.24, 2.45) is 0 Å². The third kappa shape index (κ3) is 6.17. The Morgan fingerprint density at radius 1 is 1.27 bits per heavy atom. The summed E-state index contributed by atoms with van der Waals surface area (Å²) in [6.07, 6.45) is 1.02. The highest BCUT2D eigenvalue weighted by molar-refractivity contribution is 7.80. The van der Waals surface area contributed by atoms with Gasteiger partial charge in [0.1, 0.15) is 11.5 Å². The summed E-state index contributed by atoms with van der Waals surface area (Å²) in [4.78, 5) is 11.2. The maximum atomic E-state index is 11.2. The lowest BCUT2D eigenvalue weighted by molar-refractivity contribution is -0.143. The van der Waals surface area contributed by atoms with Crippen LogP contribution in [-0.4, -0.2) is 38.5 Å². The normalized spacial score (nSPS) is 9.77. The molecule has 0 spiro atoms. The average molecular weight is 326 g/mol. The molecule has 0 bridgehead atoms. The maximum Gasteiger partial charge on any atom is 0.305 e. The van der Waals surface area contributed by atoms with Crippen molar-refractivity contribution in [1.29, 1.82) is 0 Å². The van der Waals surface area contributed by atoms with E-state index in [1.54, 1.807) is 27.2 Å². The molecule has 1 aromatic carbocycles. The summed E-state index contributed by atoms with van der Waals surface area (Å²) in [5, 5.41) is 6.55. The molecule has 6 nitrogen and oxygen atoms in total. The van der Waals surface area contributed by atoms with Gasteiger partial charge in [0.05, 0.1) is 26.5 Å². The van der Waals surface area contributed by atoms with Gasteiger partial charge >= 0.3 is 5.97 Å². The van der Waals surface area contributed by atoms with Gasteiger partial charge in [0.25, 0.3) is 0 Å². The molecule has 0 fully saturated rings. The zero-order chi connectivity index (χ0) is 16.4. The molecule has 0 unspecified atom stereocenters. The minimum atomic E-state index is -0.194. The lowest BCUT2D eigenvalue weighted by atomic mass is 10.2. The zero-order valence-electron chi connectivity index (χ0n) is 13.1. The number of benzene rings is 1. The number of thiocarbonyl (C=S) groups is 1. The molecule has 0 aliphatic rings. The number of carbonyl (C=O) groups excluding carboxylic acids is 1. The summed E-state index contributed by atoms with van der Waals surface area (Å²) in [5.74, 6) is 1.14. The minimum absolute atomic E-state index is 0.194. The van der Waals surface area contributed by atoms with E-state index in [0.29, 0.717) is 42.6 Å². The summed E-state index contributed by atoms with van der Waals surface area (Å²) in [6, 6.07) is 5.41. The third-order valence-electron chi connectivity index (χ3n) is 2.81. The molecule has 0 saturated heterocycles. The molecule has 0 atom stereocenters. The van der Waals surface area contributed by atoms with Gasteiger partial charge in [-0.2, -0.15) is 0 Å². The molecule has 0 aromatic heterocycles. The molecule has 0 heterocycles. The monoisotopic (exact) mass is 326 g/mol. The summed E-state index contributed by atoms with van der Waals surface area (Å²) < 4.78 is 15.3. The second-order valence-electron chi connectivity index (χ2n) is 4.36. The number of carbonyl (C=O) groups is 1. The van der Waals surface area contributed by atoms with Gasteiger partial charge in [0.15, 0.2) is 5.11 Å². The number of hydrogen-bond donors (Lipinski definition) is 2. The molecule has 122 valence electrons. The van der Waals surface area contributed by atoms with Gasteiger partial charge in [-0.3, -0.25) is 4.79 Å². The van der Waals surface area contributed by atoms with E-state index in [2.05, 4.69) is 10.6 Å². The van der Waals surface area contributed by atoms with E-state index in [1.165, 1.54) is 0 Å². The van der Waals surface area contributed by atoms with Gasteiger partial charge in [-0.25, -0.2) is 0 Å². The van der Waals surface area contributed by atoms with Crippen molar-refractivity contribution in [2.45, 2.75) is 19.8 Å². The van der Waals surface area contributed by atoms with Crippen LogP contribution in [0.15, 0.2) is 18.2 Å². The van der Waals surface area contributed by atoms with Crippen LogP contribution in [0.4, 0.5) is 5.69 Å². The van der Waals surface area contributed by atoms with Crippen molar-refractivity contribution in [2.75, 3.05) is 32.7 Å². The first kappa shape index (κ1) is 18.0. The van der Waals surface area contributed by atoms with Crippen LogP contribution in [0.1, 0.15) is 19.8 Å².